The number of aromatic nitrogens is 3. The quantitative estimate of drug-likeness (QED) is 0.746. The van der Waals surface area contributed by atoms with Gasteiger partial charge in [-0.3, -0.25) is 0 Å². The normalized spacial score (nSPS) is 12.8. The van der Waals surface area contributed by atoms with E-state index in [1.54, 1.807) is 4.52 Å². The van der Waals surface area contributed by atoms with E-state index in [0.717, 1.165) is 22.6 Å². The van der Waals surface area contributed by atoms with Crippen LogP contribution in [-0.2, 0) is 0 Å². The molecule has 0 radical (unpaired) electrons. The molecule has 0 saturated heterocycles. The minimum absolute atomic E-state index is 0.0541. The number of pyridine rings is 1. The van der Waals surface area contributed by atoms with Crippen LogP contribution in [0.25, 0.3) is 17.0 Å². The second-order valence-corrected chi connectivity index (χ2v) is 4.32. The average molecular weight is 238 g/mol. The van der Waals surface area contributed by atoms with E-state index in [1.165, 1.54) is 0 Å². The first kappa shape index (κ1) is 10.9. The van der Waals surface area contributed by atoms with Crippen LogP contribution in [0.3, 0.4) is 0 Å². The molecule has 4 heteroatoms. The van der Waals surface area contributed by atoms with Gasteiger partial charge in [0.15, 0.2) is 11.5 Å². The molecule has 2 N–H and O–H groups in total. The standard InChI is InChI=1S/C14H14N4/c1-10(15)12-8-5-9-18-14(12)16-13(17-18)11-6-3-2-4-7-11/h2-10H,15H2,1H3. The Labute approximate surface area is 105 Å². The van der Waals surface area contributed by atoms with Gasteiger partial charge in [0.1, 0.15) is 0 Å². The molecular weight excluding hydrogens is 224 g/mol. The lowest BCUT2D eigenvalue weighted by Gasteiger charge is -2.04. The maximum atomic E-state index is 5.95. The van der Waals surface area contributed by atoms with Gasteiger partial charge in [0.25, 0.3) is 0 Å². The van der Waals surface area contributed by atoms with Crippen LogP contribution in [0, 0.1) is 0 Å². The van der Waals surface area contributed by atoms with Crippen molar-refractivity contribution in [2.24, 2.45) is 5.73 Å². The molecule has 0 aliphatic heterocycles. The Kier molecular flexibility index (Phi) is 2.57. The third-order valence-electron chi connectivity index (χ3n) is 2.92. The molecule has 3 aromatic rings. The Bertz CT molecular complexity index is 671. The van der Waals surface area contributed by atoms with Crippen LogP contribution in [0.2, 0.25) is 0 Å². The smallest absolute Gasteiger partial charge is 0.182 e. The lowest BCUT2D eigenvalue weighted by Crippen LogP contribution is -2.07. The summed E-state index contributed by atoms with van der Waals surface area (Å²) >= 11 is 0. The lowest BCUT2D eigenvalue weighted by atomic mass is 10.1. The highest BCUT2D eigenvalue weighted by Crippen LogP contribution is 2.20. The van der Waals surface area contributed by atoms with Crippen molar-refractivity contribution < 1.29 is 0 Å². The van der Waals surface area contributed by atoms with Crippen LogP contribution < -0.4 is 5.73 Å². The maximum Gasteiger partial charge on any atom is 0.182 e. The van der Waals surface area contributed by atoms with Crippen LogP contribution >= 0.6 is 0 Å². The number of nitrogens with two attached hydrogens (primary N) is 1. The molecule has 2 heterocycles. The van der Waals surface area contributed by atoms with Crippen LogP contribution in [0.5, 0.6) is 0 Å². The van der Waals surface area contributed by atoms with Gasteiger partial charge >= 0.3 is 0 Å². The van der Waals surface area contributed by atoms with Gasteiger partial charge in [-0.15, -0.1) is 5.10 Å². The van der Waals surface area contributed by atoms with E-state index in [1.807, 2.05) is 55.6 Å². The molecule has 2 aromatic heterocycles. The number of nitrogens with zero attached hydrogens (tertiary/aromatic N) is 3. The second-order valence-electron chi connectivity index (χ2n) is 4.32. The highest BCUT2D eigenvalue weighted by atomic mass is 15.3. The number of hydrogen-bond acceptors (Lipinski definition) is 3. The van der Waals surface area contributed by atoms with Crippen LogP contribution in [0.1, 0.15) is 18.5 Å². The highest BCUT2D eigenvalue weighted by Gasteiger charge is 2.11. The van der Waals surface area contributed by atoms with E-state index >= 15 is 0 Å². The minimum atomic E-state index is -0.0541. The fourth-order valence-electron chi connectivity index (χ4n) is 1.99. The van der Waals surface area contributed by atoms with Crippen LogP contribution in [-0.4, -0.2) is 14.6 Å². The Morgan fingerprint density at radius 1 is 1.11 bits per heavy atom. The van der Waals surface area contributed by atoms with Crippen molar-refractivity contribution in [2.75, 3.05) is 0 Å². The summed E-state index contributed by atoms with van der Waals surface area (Å²) in [5.74, 6) is 0.726. The topological polar surface area (TPSA) is 56.2 Å². The zero-order chi connectivity index (χ0) is 12.5. The summed E-state index contributed by atoms with van der Waals surface area (Å²) in [5, 5.41) is 4.48. The molecule has 0 fully saturated rings. The van der Waals surface area contributed by atoms with E-state index < -0.39 is 0 Å². The third-order valence-corrected chi connectivity index (χ3v) is 2.92. The third kappa shape index (κ3) is 1.76. The molecule has 3 rings (SSSR count). The molecule has 1 aromatic carbocycles. The molecule has 0 aliphatic carbocycles. The largest absolute Gasteiger partial charge is 0.324 e. The summed E-state index contributed by atoms with van der Waals surface area (Å²) in [7, 11) is 0. The van der Waals surface area contributed by atoms with Gasteiger partial charge in [-0.25, -0.2) is 9.50 Å². The molecule has 90 valence electrons. The first-order chi connectivity index (χ1) is 8.75. The van der Waals surface area contributed by atoms with Gasteiger partial charge in [-0.2, -0.15) is 0 Å². The summed E-state index contributed by atoms with van der Waals surface area (Å²) in [6.45, 7) is 1.95. The fraction of sp³-hybridized carbons (Fsp3) is 0.143. The molecule has 0 spiro atoms. The number of fused-ring (bicyclic) bond motifs is 1. The number of hydrogen-bond donors (Lipinski definition) is 1. The molecule has 0 saturated carbocycles. The Balaban J connectivity index is 2.20. The lowest BCUT2D eigenvalue weighted by molar-refractivity contribution is 0.810. The van der Waals surface area contributed by atoms with E-state index in [9.17, 15) is 0 Å². The predicted molar refractivity (Wildman–Crippen MR) is 71.0 cm³/mol. The molecule has 1 atom stereocenters. The number of rotatable bonds is 2. The summed E-state index contributed by atoms with van der Waals surface area (Å²) < 4.78 is 1.78. The van der Waals surface area contributed by atoms with Gasteiger partial charge in [0.05, 0.1) is 0 Å². The Morgan fingerprint density at radius 3 is 2.61 bits per heavy atom. The Hall–Kier alpha value is -2.20. The molecule has 1 unspecified atom stereocenters. The van der Waals surface area contributed by atoms with Crippen molar-refractivity contribution >= 4 is 5.65 Å². The van der Waals surface area contributed by atoms with Crippen molar-refractivity contribution in [2.45, 2.75) is 13.0 Å². The van der Waals surface area contributed by atoms with Crippen molar-refractivity contribution in [3.05, 3.63) is 54.2 Å². The van der Waals surface area contributed by atoms with E-state index in [2.05, 4.69) is 10.1 Å². The molecule has 0 bridgehead atoms. The summed E-state index contributed by atoms with van der Waals surface area (Å²) in [6, 6.07) is 13.8. The average Bonchev–Trinajstić information content (AvgIpc) is 2.83. The van der Waals surface area contributed by atoms with Gasteiger partial charge in [-0.05, 0) is 13.0 Å². The first-order valence-electron chi connectivity index (χ1n) is 5.92. The Morgan fingerprint density at radius 2 is 1.89 bits per heavy atom. The summed E-state index contributed by atoms with van der Waals surface area (Å²) in [5.41, 5.74) is 8.79. The van der Waals surface area contributed by atoms with Gasteiger partial charge in [-0.1, -0.05) is 36.4 Å². The van der Waals surface area contributed by atoms with Crippen molar-refractivity contribution in [3.8, 4) is 11.4 Å². The highest BCUT2D eigenvalue weighted by molar-refractivity contribution is 5.60. The van der Waals surface area contributed by atoms with Crippen molar-refractivity contribution in [3.63, 3.8) is 0 Å². The monoisotopic (exact) mass is 238 g/mol. The molecule has 0 amide bonds. The zero-order valence-electron chi connectivity index (χ0n) is 10.1. The minimum Gasteiger partial charge on any atom is -0.324 e. The molecule has 18 heavy (non-hydrogen) atoms. The van der Waals surface area contributed by atoms with E-state index in [0.29, 0.717) is 0 Å². The molecular formula is C14H14N4. The predicted octanol–water partition coefficient (Wildman–Crippen LogP) is 2.42. The molecule has 0 aliphatic rings. The van der Waals surface area contributed by atoms with Crippen LogP contribution in [0.15, 0.2) is 48.7 Å². The second kappa shape index (κ2) is 4.23. The first-order valence-corrected chi connectivity index (χ1v) is 5.92. The van der Waals surface area contributed by atoms with Crippen molar-refractivity contribution in [1.82, 2.24) is 14.6 Å². The zero-order valence-corrected chi connectivity index (χ0v) is 10.1. The van der Waals surface area contributed by atoms with E-state index in [-0.39, 0.29) is 6.04 Å². The fourth-order valence-corrected chi connectivity index (χ4v) is 1.99. The van der Waals surface area contributed by atoms with Gasteiger partial charge in [0, 0.05) is 23.4 Å². The molecule has 4 nitrogen and oxygen atoms in total. The summed E-state index contributed by atoms with van der Waals surface area (Å²) in [4.78, 5) is 4.58. The summed E-state index contributed by atoms with van der Waals surface area (Å²) in [6.07, 6.45) is 1.89. The van der Waals surface area contributed by atoms with Gasteiger partial charge in [0.2, 0.25) is 0 Å². The van der Waals surface area contributed by atoms with E-state index in [4.69, 9.17) is 5.73 Å². The van der Waals surface area contributed by atoms with Crippen LogP contribution in [0.4, 0.5) is 0 Å². The van der Waals surface area contributed by atoms with Crippen molar-refractivity contribution in [1.29, 1.82) is 0 Å². The van der Waals surface area contributed by atoms with Gasteiger partial charge < -0.3 is 5.73 Å². The maximum absolute atomic E-state index is 5.95. The number of benzene rings is 1. The SMILES string of the molecule is CC(N)c1cccn2nc(-c3ccccc3)nc12.